The zero-order valence-electron chi connectivity index (χ0n) is 11.2. The highest BCUT2D eigenvalue weighted by molar-refractivity contribution is 7.10. The van der Waals surface area contributed by atoms with Crippen molar-refractivity contribution in [2.24, 2.45) is 5.73 Å². The number of benzene rings is 1. The number of phenolic OH excluding ortho intramolecular Hbond substituents is 1. The molecular weight excluding hydrogens is 272 g/mol. The van der Waals surface area contributed by atoms with Crippen LogP contribution >= 0.6 is 11.3 Å². The van der Waals surface area contributed by atoms with Crippen LogP contribution in [0.15, 0.2) is 41.8 Å². The lowest BCUT2D eigenvalue weighted by Crippen LogP contribution is -2.42. The highest BCUT2D eigenvalue weighted by Crippen LogP contribution is 2.18. The van der Waals surface area contributed by atoms with E-state index in [-0.39, 0.29) is 17.7 Å². The lowest BCUT2D eigenvalue weighted by atomic mass is 10.1. The van der Waals surface area contributed by atoms with Crippen LogP contribution in [0, 0.1) is 0 Å². The molecule has 106 valence electrons. The van der Waals surface area contributed by atoms with E-state index in [1.807, 2.05) is 24.4 Å². The number of amides is 1. The Morgan fingerprint density at radius 3 is 2.65 bits per heavy atom. The summed E-state index contributed by atoms with van der Waals surface area (Å²) in [4.78, 5) is 13.1. The second-order valence-corrected chi connectivity index (χ2v) is 5.70. The van der Waals surface area contributed by atoms with Gasteiger partial charge in [-0.05, 0) is 42.5 Å². The Labute approximate surface area is 122 Å². The molecule has 0 saturated heterocycles. The molecule has 0 bridgehead atoms. The Morgan fingerprint density at radius 2 is 2.05 bits per heavy atom. The monoisotopic (exact) mass is 290 g/mol. The fraction of sp³-hybridized carbons (Fsp3) is 0.267. The van der Waals surface area contributed by atoms with Gasteiger partial charge in [-0.2, -0.15) is 0 Å². The van der Waals surface area contributed by atoms with E-state index in [9.17, 15) is 9.90 Å². The quantitative estimate of drug-likeness (QED) is 0.790. The van der Waals surface area contributed by atoms with Gasteiger partial charge in [-0.25, -0.2) is 0 Å². The fourth-order valence-corrected chi connectivity index (χ4v) is 2.64. The van der Waals surface area contributed by atoms with Gasteiger partial charge in [0.2, 0.25) is 5.91 Å². The van der Waals surface area contributed by atoms with Gasteiger partial charge in [-0.3, -0.25) is 4.79 Å². The van der Waals surface area contributed by atoms with Gasteiger partial charge in [0.05, 0.1) is 12.1 Å². The topological polar surface area (TPSA) is 75.4 Å². The molecule has 0 fully saturated rings. The van der Waals surface area contributed by atoms with Crippen LogP contribution in [0.5, 0.6) is 5.75 Å². The average Bonchev–Trinajstić information content (AvgIpc) is 2.95. The summed E-state index contributed by atoms with van der Waals surface area (Å²) in [5.74, 6) is 0.0389. The second-order valence-electron chi connectivity index (χ2n) is 4.72. The number of rotatable bonds is 5. The largest absolute Gasteiger partial charge is 0.508 e. The lowest BCUT2D eigenvalue weighted by molar-refractivity contribution is -0.122. The van der Waals surface area contributed by atoms with Crippen molar-refractivity contribution in [3.8, 4) is 5.75 Å². The Hall–Kier alpha value is -1.85. The van der Waals surface area contributed by atoms with Crippen molar-refractivity contribution in [1.82, 2.24) is 5.32 Å². The van der Waals surface area contributed by atoms with Crippen LogP contribution in [-0.4, -0.2) is 17.1 Å². The maximum absolute atomic E-state index is 12.0. The summed E-state index contributed by atoms with van der Waals surface area (Å²) in [6, 6.07) is 10.0. The molecule has 4 nitrogen and oxygen atoms in total. The van der Waals surface area contributed by atoms with E-state index in [2.05, 4.69) is 5.32 Å². The first kappa shape index (κ1) is 14.6. The van der Waals surface area contributed by atoms with Gasteiger partial charge in [0, 0.05) is 4.88 Å². The van der Waals surface area contributed by atoms with E-state index >= 15 is 0 Å². The molecule has 1 amide bonds. The summed E-state index contributed by atoms with van der Waals surface area (Å²) in [7, 11) is 0. The maximum Gasteiger partial charge on any atom is 0.237 e. The molecule has 1 heterocycles. The normalized spacial score (nSPS) is 13.7. The molecule has 2 atom stereocenters. The van der Waals surface area contributed by atoms with Crippen molar-refractivity contribution >= 4 is 17.2 Å². The van der Waals surface area contributed by atoms with Gasteiger partial charge >= 0.3 is 0 Å². The number of nitrogens with one attached hydrogen (secondary N) is 1. The van der Waals surface area contributed by atoms with Gasteiger partial charge in [-0.1, -0.05) is 18.2 Å². The van der Waals surface area contributed by atoms with Crippen molar-refractivity contribution in [2.75, 3.05) is 0 Å². The first-order valence-electron chi connectivity index (χ1n) is 6.43. The van der Waals surface area contributed by atoms with Crippen molar-refractivity contribution in [2.45, 2.75) is 25.4 Å². The van der Waals surface area contributed by atoms with Crippen LogP contribution in [0.3, 0.4) is 0 Å². The van der Waals surface area contributed by atoms with E-state index in [1.165, 1.54) is 0 Å². The molecule has 2 rings (SSSR count). The van der Waals surface area contributed by atoms with Crippen LogP contribution in [-0.2, 0) is 11.2 Å². The third-order valence-electron chi connectivity index (χ3n) is 3.06. The molecular formula is C15H18N2O2S. The van der Waals surface area contributed by atoms with Gasteiger partial charge in [0.15, 0.2) is 0 Å². The summed E-state index contributed by atoms with van der Waals surface area (Å²) in [5, 5.41) is 14.1. The van der Waals surface area contributed by atoms with Gasteiger partial charge < -0.3 is 16.2 Å². The van der Waals surface area contributed by atoms with Crippen LogP contribution in [0.25, 0.3) is 0 Å². The molecule has 0 saturated carbocycles. The number of phenols is 1. The number of nitrogens with two attached hydrogens (primary N) is 1. The first-order valence-corrected chi connectivity index (χ1v) is 7.31. The molecule has 5 heteroatoms. The third kappa shape index (κ3) is 3.82. The summed E-state index contributed by atoms with van der Waals surface area (Å²) >= 11 is 1.61. The Bertz CT molecular complexity index is 552. The van der Waals surface area contributed by atoms with Gasteiger partial charge in [0.1, 0.15) is 5.75 Å². The first-order chi connectivity index (χ1) is 9.56. The van der Waals surface area contributed by atoms with Gasteiger partial charge in [-0.15, -0.1) is 11.3 Å². The molecule has 4 N–H and O–H groups in total. The number of carbonyl (C=O) groups is 1. The predicted molar refractivity (Wildman–Crippen MR) is 80.7 cm³/mol. The molecule has 0 aliphatic carbocycles. The summed E-state index contributed by atoms with van der Waals surface area (Å²) in [6.45, 7) is 1.94. The highest BCUT2D eigenvalue weighted by atomic mass is 32.1. The minimum Gasteiger partial charge on any atom is -0.508 e. The maximum atomic E-state index is 12.0. The zero-order chi connectivity index (χ0) is 14.5. The van der Waals surface area contributed by atoms with E-state index in [0.29, 0.717) is 6.42 Å². The minimum absolute atomic E-state index is 0.0339. The Balaban J connectivity index is 1.90. The summed E-state index contributed by atoms with van der Waals surface area (Å²) in [5.41, 5.74) is 6.84. The average molecular weight is 290 g/mol. The van der Waals surface area contributed by atoms with E-state index in [1.54, 1.807) is 35.6 Å². The molecule has 0 spiro atoms. The van der Waals surface area contributed by atoms with Crippen LogP contribution in [0.2, 0.25) is 0 Å². The number of aromatic hydroxyl groups is 1. The molecule has 1 aromatic heterocycles. The third-order valence-corrected chi connectivity index (χ3v) is 4.11. The smallest absolute Gasteiger partial charge is 0.237 e. The van der Waals surface area contributed by atoms with Crippen LogP contribution < -0.4 is 11.1 Å². The highest BCUT2D eigenvalue weighted by Gasteiger charge is 2.17. The van der Waals surface area contributed by atoms with Gasteiger partial charge in [0.25, 0.3) is 0 Å². The predicted octanol–water partition coefficient (Wildman–Crippen LogP) is 2.20. The van der Waals surface area contributed by atoms with E-state index in [0.717, 1.165) is 10.4 Å². The van der Waals surface area contributed by atoms with E-state index < -0.39 is 6.04 Å². The lowest BCUT2D eigenvalue weighted by Gasteiger charge is -2.16. The summed E-state index contributed by atoms with van der Waals surface area (Å²) in [6.07, 6.45) is 0.448. The molecule has 1 aromatic carbocycles. The van der Waals surface area contributed by atoms with Crippen molar-refractivity contribution in [3.05, 3.63) is 52.2 Å². The fourth-order valence-electron chi connectivity index (χ4n) is 1.91. The number of thiophene rings is 1. The Morgan fingerprint density at radius 1 is 1.35 bits per heavy atom. The number of hydrogen-bond acceptors (Lipinski definition) is 4. The number of hydrogen-bond donors (Lipinski definition) is 3. The SMILES string of the molecule is C[C@@H](NC(=O)[C@H](N)Cc1ccc(O)cc1)c1cccs1. The standard InChI is InChI=1S/C15H18N2O2S/c1-10(14-3-2-8-20-14)17-15(19)13(16)9-11-4-6-12(18)7-5-11/h2-8,10,13,18H,9,16H2,1H3,(H,17,19)/t10-,13-/m1/s1. The summed E-state index contributed by atoms with van der Waals surface area (Å²) < 4.78 is 0. The molecule has 20 heavy (non-hydrogen) atoms. The molecule has 0 aliphatic rings. The van der Waals surface area contributed by atoms with Crippen LogP contribution in [0.4, 0.5) is 0 Å². The minimum atomic E-state index is -0.595. The Kier molecular flexibility index (Phi) is 4.76. The zero-order valence-corrected chi connectivity index (χ0v) is 12.1. The molecule has 0 aliphatic heterocycles. The number of carbonyl (C=O) groups excluding carboxylic acids is 1. The molecule has 0 unspecified atom stereocenters. The van der Waals surface area contributed by atoms with E-state index in [4.69, 9.17) is 5.73 Å². The molecule has 0 radical (unpaired) electrons. The van der Waals surface area contributed by atoms with Crippen molar-refractivity contribution < 1.29 is 9.90 Å². The van der Waals surface area contributed by atoms with Crippen molar-refractivity contribution in [3.63, 3.8) is 0 Å². The molecule has 2 aromatic rings. The van der Waals surface area contributed by atoms with Crippen molar-refractivity contribution in [1.29, 1.82) is 0 Å². The van der Waals surface area contributed by atoms with Crippen LogP contribution in [0.1, 0.15) is 23.4 Å². The second kappa shape index (κ2) is 6.54.